The lowest BCUT2D eigenvalue weighted by Crippen LogP contribution is -2.31. The van der Waals surface area contributed by atoms with Gasteiger partial charge in [0.15, 0.2) is 0 Å². The van der Waals surface area contributed by atoms with Crippen molar-refractivity contribution in [1.29, 1.82) is 0 Å². The molecular formula is C15H25N. The van der Waals surface area contributed by atoms with Gasteiger partial charge in [-0.15, -0.1) is 0 Å². The number of hydrogen-bond acceptors (Lipinski definition) is 1. The molecule has 0 saturated carbocycles. The predicted molar refractivity (Wildman–Crippen MR) is 72.5 cm³/mol. The summed E-state index contributed by atoms with van der Waals surface area (Å²) in [5.74, 6) is 0.757. The molecule has 0 aromatic rings. The minimum atomic E-state index is 0.757. The standard InChI is InChI=1S/C15H25N/c1-5-8-13(6-2)15(7-3)14-9-11-16(4)12-10-14/h5,7-8,14H,1,6,9-12H2,2-4H3/b13-8-,15-7+. The number of nitrogens with zero attached hydrogens (tertiary/aromatic N) is 1. The summed E-state index contributed by atoms with van der Waals surface area (Å²) in [4.78, 5) is 2.42. The van der Waals surface area contributed by atoms with Crippen LogP contribution in [-0.2, 0) is 0 Å². The van der Waals surface area contributed by atoms with E-state index in [2.05, 4.69) is 44.5 Å². The zero-order chi connectivity index (χ0) is 12.0. The highest BCUT2D eigenvalue weighted by Gasteiger charge is 2.21. The van der Waals surface area contributed by atoms with Gasteiger partial charge < -0.3 is 4.90 Å². The summed E-state index contributed by atoms with van der Waals surface area (Å²) in [6.07, 6.45) is 10.1. The molecule has 0 atom stereocenters. The Bertz CT molecular complexity index is 278. The number of allylic oxidation sites excluding steroid dienone is 5. The molecular weight excluding hydrogens is 194 g/mol. The van der Waals surface area contributed by atoms with Crippen molar-refractivity contribution in [1.82, 2.24) is 4.90 Å². The van der Waals surface area contributed by atoms with E-state index in [9.17, 15) is 0 Å². The minimum absolute atomic E-state index is 0.757. The van der Waals surface area contributed by atoms with Gasteiger partial charge in [0.05, 0.1) is 0 Å². The first-order chi connectivity index (χ1) is 7.72. The second-order valence-corrected chi connectivity index (χ2v) is 4.60. The normalized spacial score (nSPS) is 21.2. The minimum Gasteiger partial charge on any atom is -0.306 e. The molecule has 1 rings (SSSR count). The molecule has 0 spiro atoms. The van der Waals surface area contributed by atoms with Crippen molar-refractivity contribution < 1.29 is 0 Å². The van der Waals surface area contributed by atoms with E-state index >= 15 is 0 Å². The molecule has 90 valence electrons. The predicted octanol–water partition coefficient (Wildman–Crippen LogP) is 3.80. The number of hydrogen-bond donors (Lipinski definition) is 0. The zero-order valence-electron chi connectivity index (χ0n) is 11.0. The smallest absolute Gasteiger partial charge is 0.00159 e. The second kappa shape index (κ2) is 6.70. The highest BCUT2D eigenvalue weighted by atomic mass is 15.1. The fourth-order valence-electron chi connectivity index (χ4n) is 2.56. The third-order valence-corrected chi connectivity index (χ3v) is 3.54. The molecule has 1 aliphatic heterocycles. The molecule has 1 aliphatic rings. The Morgan fingerprint density at radius 3 is 2.44 bits per heavy atom. The van der Waals surface area contributed by atoms with E-state index in [0.29, 0.717) is 0 Å². The van der Waals surface area contributed by atoms with Crippen molar-refractivity contribution in [3.05, 3.63) is 36.0 Å². The largest absolute Gasteiger partial charge is 0.306 e. The molecule has 1 fully saturated rings. The van der Waals surface area contributed by atoms with Gasteiger partial charge in [-0.05, 0) is 63.4 Å². The Morgan fingerprint density at radius 2 is 2.00 bits per heavy atom. The van der Waals surface area contributed by atoms with Crippen LogP contribution in [0, 0.1) is 5.92 Å². The summed E-state index contributed by atoms with van der Waals surface area (Å²) in [7, 11) is 2.21. The SMILES string of the molecule is C=C/C=C(CC)\C(=C/C)C1CCN(C)CC1. The van der Waals surface area contributed by atoms with Gasteiger partial charge in [0.25, 0.3) is 0 Å². The van der Waals surface area contributed by atoms with Gasteiger partial charge in [0.2, 0.25) is 0 Å². The van der Waals surface area contributed by atoms with Crippen LogP contribution in [0.4, 0.5) is 0 Å². The Hall–Kier alpha value is -0.820. The van der Waals surface area contributed by atoms with Crippen LogP contribution in [0.25, 0.3) is 0 Å². The lowest BCUT2D eigenvalue weighted by molar-refractivity contribution is 0.239. The fraction of sp³-hybridized carbons (Fsp3) is 0.600. The monoisotopic (exact) mass is 219 g/mol. The first kappa shape index (κ1) is 13.2. The average Bonchev–Trinajstić information content (AvgIpc) is 2.31. The van der Waals surface area contributed by atoms with Gasteiger partial charge in [0.1, 0.15) is 0 Å². The van der Waals surface area contributed by atoms with Crippen LogP contribution >= 0.6 is 0 Å². The molecule has 0 radical (unpaired) electrons. The van der Waals surface area contributed by atoms with Crippen molar-refractivity contribution in [2.75, 3.05) is 20.1 Å². The summed E-state index contributed by atoms with van der Waals surface area (Å²) >= 11 is 0. The molecule has 1 saturated heterocycles. The summed E-state index contributed by atoms with van der Waals surface area (Å²) in [6.45, 7) is 10.7. The van der Waals surface area contributed by atoms with Gasteiger partial charge in [0, 0.05) is 0 Å². The highest BCUT2D eigenvalue weighted by molar-refractivity contribution is 5.35. The number of piperidine rings is 1. The van der Waals surface area contributed by atoms with E-state index in [1.165, 1.54) is 31.5 Å². The molecule has 16 heavy (non-hydrogen) atoms. The molecule has 1 heteroatoms. The lowest BCUT2D eigenvalue weighted by Gasteiger charge is -2.31. The van der Waals surface area contributed by atoms with Gasteiger partial charge in [-0.1, -0.05) is 31.7 Å². The molecule has 0 N–H and O–H groups in total. The maximum absolute atomic E-state index is 3.81. The topological polar surface area (TPSA) is 3.24 Å². The zero-order valence-corrected chi connectivity index (χ0v) is 11.0. The number of likely N-dealkylation sites (tertiary alicyclic amines) is 1. The van der Waals surface area contributed by atoms with E-state index in [1.54, 1.807) is 5.57 Å². The number of rotatable bonds is 4. The van der Waals surface area contributed by atoms with Crippen LogP contribution in [0.15, 0.2) is 36.0 Å². The van der Waals surface area contributed by atoms with E-state index in [1.807, 2.05) is 6.08 Å². The Labute approximate surface area is 101 Å². The molecule has 1 heterocycles. The van der Waals surface area contributed by atoms with Crippen molar-refractivity contribution in [2.24, 2.45) is 5.92 Å². The molecule has 0 aromatic heterocycles. The van der Waals surface area contributed by atoms with Crippen LogP contribution in [0.3, 0.4) is 0 Å². The summed E-state index contributed by atoms with van der Waals surface area (Å²) in [5, 5.41) is 0. The lowest BCUT2D eigenvalue weighted by atomic mass is 9.84. The first-order valence-corrected chi connectivity index (χ1v) is 6.39. The highest BCUT2D eigenvalue weighted by Crippen LogP contribution is 2.30. The maximum Gasteiger partial charge on any atom is -0.00159 e. The molecule has 0 aliphatic carbocycles. The van der Waals surface area contributed by atoms with Gasteiger partial charge in [-0.3, -0.25) is 0 Å². The van der Waals surface area contributed by atoms with Crippen LogP contribution < -0.4 is 0 Å². The maximum atomic E-state index is 3.81. The summed E-state index contributed by atoms with van der Waals surface area (Å²) in [5.41, 5.74) is 3.02. The van der Waals surface area contributed by atoms with Crippen LogP contribution in [-0.4, -0.2) is 25.0 Å². The average molecular weight is 219 g/mol. The third kappa shape index (κ3) is 3.34. The van der Waals surface area contributed by atoms with Crippen molar-refractivity contribution in [2.45, 2.75) is 33.1 Å². The first-order valence-electron chi connectivity index (χ1n) is 6.39. The van der Waals surface area contributed by atoms with Gasteiger partial charge in [-0.2, -0.15) is 0 Å². The fourth-order valence-corrected chi connectivity index (χ4v) is 2.56. The molecule has 0 bridgehead atoms. The van der Waals surface area contributed by atoms with Crippen molar-refractivity contribution in [3.63, 3.8) is 0 Å². The van der Waals surface area contributed by atoms with Crippen LogP contribution in [0.5, 0.6) is 0 Å². The molecule has 1 nitrogen and oxygen atoms in total. The Balaban J connectivity index is 2.75. The summed E-state index contributed by atoms with van der Waals surface area (Å²) < 4.78 is 0. The van der Waals surface area contributed by atoms with E-state index in [-0.39, 0.29) is 0 Å². The Morgan fingerprint density at radius 1 is 1.38 bits per heavy atom. The van der Waals surface area contributed by atoms with Crippen molar-refractivity contribution in [3.8, 4) is 0 Å². The quantitative estimate of drug-likeness (QED) is 0.650. The van der Waals surface area contributed by atoms with Crippen molar-refractivity contribution >= 4 is 0 Å². The van der Waals surface area contributed by atoms with Gasteiger partial charge in [-0.25, -0.2) is 0 Å². The molecule has 0 unspecified atom stereocenters. The summed E-state index contributed by atoms with van der Waals surface area (Å²) in [6, 6.07) is 0. The molecule has 0 amide bonds. The van der Waals surface area contributed by atoms with E-state index in [4.69, 9.17) is 0 Å². The Kier molecular flexibility index (Phi) is 5.54. The second-order valence-electron chi connectivity index (χ2n) is 4.60. The van der Waals surface area contributed by atoms with E-state index < -0.39 is 0 Å². The van der Waals surface area contributed by atoms with Crippen LogP contribution in [0.2, 0.25) is 0 Å². The van der Waals surface area contributed by atoms with Gasteiger partial charge >= 0.3 is 0 Å². The van der Waals surface area contributed by atoms with Crippen LogP contribution in [0.1, 0.15) is 33.1 Å². The van der Waals surface area contributed by atoms with E-state index in [0.717, 1.165) is 12.3 Å². The molecule has 0 aromatic carbocycles. The third-order valence-electron chi connectivity index (χ3n) is 3.54.